The van der Waals surface area contributed by atoms with Crippen LogP contribution in [0.25, 0.3) is 15.5 Å². The molecule has 132 valence electrons. The van der Waals surface area contributed by atoms with Gasteiger partial charge in [0.15, 0.2) is 4.96 Å². The molecule has 4 heterocycles. The summed E-state index contributed by atoms with van der Waals surface area (Å²) in [5.41, 5.74) is 0.243. The minimum Gasteiger partial charge on any atom is -0.465 e. The van der Waals surface area contributed by atoms with Crippen LogP contribution in [0.5, 0.6) is 0 Å². The van der Waals surface area contributed by atoms with Gasteiger partial charge in [0.05, 0.1) is 21.5 Å². The molecule has 6 nitrogen and oxygen atoms in total. The fourth-order valence-electron chi connectivity index (χ4n) is 2.52. The first kappa shape index (κ1) is 17.0. The van der Waals surface area contributed by atoms with Gasteiger partial charge in [0.2, 0.25) is 0 Å². The van der Waals surface area contributed by atoms with E-state index in [1.807, 2.05) is 24.4 Å². The number of aromatic nitrogens is 2. The summed E-state index contributed by atoms with van der Waals surface area (Å²) in [5, 5.41) is 4.52. The van der Waals surface area contributed by atoms with Crippen molar-refractivity contribution in [1.82, 2.24) is 14.7 Å². The Hall–Kier alpha value is -2.42. The normalized spacial score (nSPS) is 11.2. The number of hydrogen-bond acceptors (Lipinski definition) is 6. The SMILES string of the molecule is Cc1ccc(CNC(=O)c2cnc3scc(-c4ccc(Cl)s4)n3c2=O)o1. The van der Waals surface area contributed by atoms with Crippen LogP contribution in [-0.4, -0.2) is 15.3 Å². The number of halogens is 1. The number of nitrogens with zero attached hydrogens (tertiary/aromatic N) is 2. The molecule has 0 saturated heterocycles. The molecule has 26 heavy (non-hydrogen) atoms. The Kier molecular flexibility index (Phi) is 4.39. The highest BCUT2D eigenvalue weighted by Gasteiger charge is 2.18. The predicted molar refractivity (Wildman–Crippen MR) is 102 cm³/mol. The summed E-state index contributed by atoms with van der Waals surface area (Å²) >= 11 is 8.70. The van der Waals surface area contributed by atoms with Crippen LogP contribution in [0.2, 0.25) is 4.34 Å². The van der Waals surface area contributed by atoms with Gasteiger partial charge < -0.3 is 9.73 Å². The molecule has 1 amide bonds. The number of carbonyl (C=O) groups is 1. The van der Waals surface area contributed by atoms with Crippen molar-refractivity contribution >= 4 is 45.1 Å². The number of thiophene rings is 1. The number of rotatable bonds is 4. The van der Waals surface area contributed by atoms with Crippen LogP contribution in [0.3, 0.4) is 0 Å². The van der Waals surface area contributed by atoms with Crippen LogP contribution >= 0.6 is 34.3 Å². The van der Waals surface area contributed by atoms with Gasteiger partial charge in [-0.3, -0.25) is 9.59 Å². The molecule has 0 aliphatic rings. The second kappa shape index (κ2) is 6.71. The lowest BCUT2D eigenvalue weighted by molar-refractivity contribution is 0.0946. The molecule has 0 bridgehead atoms. The van der Waals surface area contributed by atoms with Gasteiger partial charge in [-0.25, -0.2) is 9.38 Å². The first-order valence-electron chi connectivity index (χ1n) is 7.61. The highest BCUT2D eigenvalue weighted by Crippen LogP contribution is 2.32. The van der Waals surface area contributed by atoms with Gasteiger partial charge >= 0.3 is 0 Å². The largest absolute Gasteiger partial charge is 0.465 e. The van der Waals surface area contributed by atoms with E-state index in [1.165, 1.54) is 33.3 Å². The van der Waals surface area contributed by atoms with E-state index >= 15 is 0 Å². The molecule has 0 spiro atoms. The van der Waals surface area contributed by atoms with Crippen LogP contribution in [0.1, 0.15) is 21.9 Å². The molecule has 0 aromatic carbocycles. The summed E-state index contributed by atoms with van der Waals surface area (Å²) in [7, 11) is 0. The van der Waals surface area contributed by atoms with E-state index in [1.54, 1.807) is 12.1 Å². The average molecular weight is 406 g/mol. The number of furan rings is 1. The first-order valence-corrected chi connectivity index (χ1v) is 9.69. The molecular formula is C17H12ClN3O3S2. The summed E-state index contributed by atoms with van der Waals surface area (Å²) in [6.45, 7) is 2.02. The summed E-state index contributed by atoms with van der Waals surface area (Å²) in [5.74, 6) is 0.886. The Balaban J connectivity index is 1.68. The maximum Gasteiger partial charge on any atom is 0.271 e. The van der Waals surface area contributed by atoms with Crippen LogP contribution in [0.4, 0.5) is 0 Å². The highest BCUT2D eigenvalue weighted by atomic mass is 35.5. The Morgan fingerprint density at radius 3 is 2.88 bits per heavy atom. The van der Waals surface area contributed by atoms with Crippen molar-refractivity contribution in [3.05, 3.63) is 67.6 Å². The zero-order chi connectivity index (χ0) is 18.3. The topological polar surface area (TPSA) is 76.6 Å². The van der Waals surface area contributed by atoms with Gasteiger partial charge in [-0.1, -0.05) is 11.6 Å². The molecule has 0 saturated carbocycles. The standard InChI is InChI=1S/C17H12ClN3O3S2/c1-9-2-3-10(24-9)6-19-15(22)11-7-20-17-21(16(11)23)12(8-25-17)13-4-5-14(18)26-13/h2-5,7-8H,6H2,1H3,(H,19,22). The number of aryl methyl sites for hydroxylation is 1. The summed E-state index contributed by atoms with van der Waals surface area (Å²) < 4.78 is 7.48. The molecule has 0 unspecified atom stereocenters. The second-order valence-corrected chi connectivity index (χ2v) is 8.07. The van der Waals surface area contributed by atoms with E-state index in [4.69, 9.17) is 16.0 Å². The van der Waals surface area contributed by atoms with Crippen LogP contribution in [0, 0.1) is 6.92 Å². The fraction of sp³-hybridized carbons (Fsp3) is 0.118. The lowest BCUT2D eigenvalue weighted by atomic mass is 10.3. The van der Waals surface area contributed by atoms with E-state index in [0.717, 1.165) is 10.6 Å². The lowest BCUT2D eigenvalue weighted by Crippen LogP contribution is -2.31. The Morgan fingerprint density at radius 1 is 1.35 bits per heavy atom. The number of thiazole rings is 1. The van der Waals surface area contributed by atoms with Crippen molar-refractivity contribution in [3.63, 3.8) is 0 Å². The third kappa shape index (κ3) is 3.07. The third-order valence-corrected chi connectivity index (χ3v) is 5.83. The van der Waals surface area contributed by atoms with E-state index in [-0.39, 0.29) is 12.1 Å². The Labute approximate surface area is 160 Å². The van der Waals surface area contributed by atoms with Crippen molar-refractivity contribution in [2.24, 2.45) is 0 Å². The second-order valence-electron chi connectivity index (χ2n) is 5.51. The minimum atomic E-state index is -0.493. The molecule has 0 aliphatic heterocycles. The van der Waals surface area contributed by atoms with Gasteiger partial charge in [0.25, 0.3) is 11.5 Å². The molecule has 0 atom stereocenters. The van der Waals surface area contributed by atoms with E-state index < -0.39 is 11.5 Å². The molecule has 4 aromatic heterocycles. The van der Waals surface area contributed by atoms with E-state index in [0.29, 0.717) is 20.8 Å². The lowest BCUT2D eigenvalue weighted by Gasteiger charge is -2.04. The average Bonchev–Trinajstić information content (AvgIpc) is 3.32. The number of fused-ring (bicyclic) bond motifs is 1. The van der Waals surface area contributed by atoms with Gasteiger partial charge in [-0.05, 0) is 31.2 Å². The molecule has 4 aromatic rings. The number of amides is 1. The van der Waals surface area contributed by atoms with Crippen LogP contribution < -0.4 is 10.9 Å². The van der Waals surface area contributed by atoms with Crippen molar-refractivity contribution < 1.29 is 9.21 Å². The van der Waals surface area contributed by atoms with Crippen molar-refractivity contribution in [2.75, 3.05) is 0 Å². The number of nitrogens with one attached hydrogen (secondary N) is 1. The first-order chi connectivity index (χ1) is 12.5. The monoisotopic (exact) mass is 405 g/mol. The van der Waals surface area contributed by atoms with Crippen molar-refractivity contribution in [3.8, 4) is 10.6 Å². The van der Waals surface area contributed by atoms with Gasteiger partial charge in [-0.2, -0.15) is 0 Å². The zero-order valence-electron chi connectivity index (χ0n) is 13.5. The highest BCUT2D eigenvalue weighted by molar-refractivity contribution is 7.20. The summed E-state index contributed by atoms with van der Waals surface area (Å²) in [4.78, 5) is 30.9. The molecule has 9 heteroatoms. The van der Waals surface area contributed by atoms with Gasteiger partial charge in [0, 0.05) is 11.6 Å². The number of hydrogen-bond donors (Lipinski definition) is 1. The fourth-order valence-corrected chi connectivity index (χ4v) is 4.49. The number of carbonyl (C=O) groups excluding carboxylic acids is 1. The van der Waals surface area contributed by atoms with Crippen molar-refractivity contribution in [2.45, 2.75) is 13.5 Å². The molecule has 0 aliphatic carbocycles. The minimum absolute atomic E-state index is 0.0203. The molecule has 1 N–H and O–H groups in total. The third-order valence-electron chi connectivity index (χ3n) is 3.74. The maximum absolute atomic E-state index is 12.9. The van der Waals surface area contributed by atoms with Gasteiger partial charge in [0.1, 0.15) is 17.1 Å². The summed E-state index contributed by atoms with van der Waals surface area (Å²) in [6, 6.07) is 7.20. The molecule has 0 fully saturated rings. The van der Waals surface area contributed by atoms with Crippen LogP contribution in [-0.2, 0) is 6.54 Å². The van der Waals surface area contributed by atoms with E-state index in [9.17, 15) is 9.59 Å². The molecule has 4 rings (SSSR count). The van der Waals surface area contributed by atoms with E-state index in [2.05, 4.69) is 10.3 Å². The predicted octanol–water partition coefficient (Wildman–Crippen LogP) is 3.97. The zero-order valence-corrected chi connectivity index (χ0v) is 15.9. The van der Waals surface area contributed by atoms with Gasteiger partial charge in [-0.15, -0.1) is 22.7 Å². The summed E-state index contributed by atoms with van der Waals surface area (Å²) in [6.07, 6.45) is 1.31. The van der Waals surface area contributed by atoms with Crippen molar-refractivity contribution in [1.29, 1.82) is 0 Å². The Morgan fingerprint density at radius 2 is 2.19 bits per heavy atom. The molecular weight excluding hydrogens is 394 g/mol. The smallest absolute Gasteiger partial charge is 0.271 e. The molecule has 0 radical (unpaired) electrons. The quantitative estimate of drug-likeness (QED) is 0.557. The Bertz CT molecular complexity index is 1170. The van der Waals surface area contributed by atoms with Crippen LogP contribution in [0.15, 0.2) is 45.1 Å². The maximum atomic E-state index is 12.9.